The van der Waals surface area contributed by atoms with Gasteiger partial charge in [0.15, 0.2) is 11.5 Å². The van der Waals surface area contributed by atoms with E-state index in [1.807, 2.05) is 17.5 Å². The molecule has 1 heterocycles. The van der Waals surface area contributed by atoms with Crippen LogP contribution in [0.2, 0.25) is 0 Å². The SMILES string of the molecule is COc1cc(/C=N\Nc2nccs2)cc(Br)c1OC. The molecule has 0 amide bonds. The summed E-state index contributed by atoms with van der Waals surface area (Å²) in [6.45, 7) is 0. The van der Waals surface area contributed by atoms with Crippen LogP contribution in [0, 0.1) is 0 Å². The molecule has 7 heteroatoms. The van der Waals surface area contributed by atoms with Gasteiger partial charge in [0, 0.05) is 11.6 Å². The summed E-state index contributed by atoms with van der Waals surface area (Å²) in [4.78, 5) is 4.07. The van der Waals surface area contributed by atoms with Gasteiger partial charge in [0.05, 0.1) is 24.9 Å². The fourth-order valence-corrected chi connectivity index (χ4v) is 2.55. The van der Waals surface area contributed by atoms with Gasteiger partial charge in [0.2, 0.25) is 5.13 Å². The Morgan fingerprint density at radius 1 is 1.37 bits per heavy atom. The molecular formula is C12H12BrN3O2S. The second kappa shape index (κ2) is 6.53. The second-order valence-corrected chi connectivity index (χ2v) is 5.19. The Morgan fingerprint density at radius 2 is 2.21 bits per heavy atom. The highest BCUT2D eigenvalue weighted by Crippen LogP contribution is 2.35. The first-order valence-corrected chi connectivity index (χ1v) is 7.02. The summed E-state index contributed by atoms with van der Waals surface area (Å²) < 4.78 is 11.3. The third-order valence-electron chi connectivity index (χ3n) is 2.26. The van der Waals surface area contributed by atoms with E-state index in [1.54, 1.807) is 26.6 Å². The van der Waals surface area contributed by atoms with E-state index >= 15 is 0 Å². The van der Waals surface area contributed by atoms with Gasteiger partial charge in [-0.15, -0.1) is 11.3 Å². The average Bonchev–Trinajstić information content (AvgIpc) is 2.91. The third-order valence-corrected chi connectivity index (χ3v) is 3.53. The Morgan fingerprint density at radius 3 is 2.84 bits per heavy atom. The van der Waals surface area contributed by atoms with Crippen LogP contribution in [0.1, 0.15) is 5.56 Å². The number of thiazole rings is 1. The highest BCUT2D eigenvalue weighted by Gasteiger charge is 2.09. The molecular weight excluding hydrogens is 330 g/mol. The van der Waals surface area contributed by atoms with Gasteiger partial charge in [-0.1, -0.05) is 0 Å². The molecule has 0 aliphatic heterocycles. The molecule has 2 rings (SSSR count). The minimum Gasteiger partial charge on any atom is -0.493 e. The number of aromatic nitrogens is 1. The van der Waals surface area contributed by atoms with E-state index in [0.717, 1.165) is 15.2 Å². The molecule has 0 aliphatic carbocycles. The lowest BCUT2D eigenvalue weighted by Crippen LogP contribution is -1.95. The van der Waals surface area contributed by atoms with E-state index in [-0.39, 0.29) is 0 Å². The van der Waals surface area contributed by atoms with Crippen LogP contribution in [0.3, 0.4) is 0 Å². The Kier molecular flexibility index (Phi) is 4.75. The number of methoxy groups -OCH3 is 2. The average molecular weight is 342 g/mol. The van der Waals surface area contributed by atoms with Crippen molar-refractivity contribution >= 4 is 38.6 Å². The van der Waals surface area contributed by atoms with Crippen LogP contribution < -0.4 is 14.9 Å². The van der Waals surface area contributed by atoms with Gasteiger partial charge in [-0.2, -0.15) is 5.10 Å². The minimum atomic E-state index is 0.646. The molecule has 0 spiro atoms. The first kappa shape index (κ1) is 13.8. The van der Waals surface area contributed by atoms with Crippen molar-refractivity contribution in [1.29, 1.82) is 0 Å². The number of rotatable bonds is 5. The monoisotopic (exact) mass is 341 g/mol. The molecule has 5 nitrogen and oxygen atoms in total. The van der Waals surface area contributed by atoms with E-state index in [2.05, 4.69) is 31.4 Å². The molecule has 1 aromatic heterocycles. The summed E-state index contributed by atoms with van der Waals surface area (Å²) in [6.07, 6.45) is 3.41. The van der Waals surface area contributed by atoms with Gasteiger partial charge in [0.1, 0.15) is 0 Å². The minimum absolute atomic E-state index is 0.646. The molecule has 0 saturated carbocycles. The van der Waals surface area contributed by atoms with Gasteiger partial charge in [-0.3, -0.25) is 5.43 Å². The largest absolute Gasteiger partial charge is 0.493 e. The number of benzene rings is 1. The van der Waals surface area contributed by atoms with Crippen molar-refractivity contribution in [3.05, 3.63) is 33.7 Å². The van der Waals surface area contributed by atoms with Gasteiger partial charge < -0.3 is 9.47 Å². The summed E-state index contributed by atoms with van der Waals surface area (Å²) >= 11 is 4.92. The molecule has 0 aliphatic rings. The highest BCUT2D eigenvalue weighted by molar-refractivity contribution is 9.10. The third kappa shape index (κ3) is 3.45. The number of nitrogens with zero attached hydrogens (tertiary/aromatic N) is 2. The summed E-state index contributed by atoms with van der Waals surface area (Å²) in [7, 11) is 3.19. The van der Waals surface area contributed by atoms with Crippen LogP contribution in [0.5, 0.6) is 11.5 Å². The fraction of sp³-hybridized carbons (Fsp3) is 0.167. The highest BCUT2D eigenvalue weighted by atomic mass is 79.9. The van der Waals surface area contributed by atoms with Crippen molar-refractivity contribution in [2.45, 2.75) is 0 Å². The van der Waals surface area contributed by atoms with Crippen molar-refractivity contribution in [3.63, 3.8) is 0 Å². The first-order chi connectivity index (χ1) is 9.24. The predicted octanol–water partition coefficient (Wildman–Crippen LogP) is 3.37. The standard InChI is InChI=1S/C12H12BrN3O2S/c1-17-10-6-8(5-9(13)11(10)18-2)7-15-16-12-14-3-4-19-12/h3-7H,1-2H3,(H,14,16)/b15-7-. The van der Waals surface area contributed by atoms with Crippen molar-refractivity contribution in [2.75, 3.05) is 19.6 Å². The molecule has 1 aromatic carbocycles. The van der Waals surface area contributed by atoms with Crippen LogP contribution in [-0.2, 0) is 0 Å². The number of hydrogen-bond donors (Lipinski definition) is 1. The van der Waals surface area contributed by atoms with E-state index in [1.165, 1.54) is 11.3 Å². The Hall–Kier alpha value is -1.60. The molecule has 2 aromatic rings. The number of hydrazone groups is 1. The number of hydrogen-bond acceptors (Lipinski definition) is 6. The van der Waals surface area contributed by atoms with Crippen molar-refractivity contribution in [1.82, 2.24) is 4.98 Å². The lowest BCUT2D eigenvalue weighted by Gasteiger charge is -2.10. The Labute approximate surface area is 123 Å². The first-order valence-electron chi connectivity index (χ1n) is 5.34. The lowest BCUT2D eigenvalue weighted by molar-refractivity contribution is 0.353. The van der Waals surface area contributed by atoms with Crippen LogP contribution in [0.25, 0.3) is 0 Å². The van der Waals surface area contributed by atoms with Gasteiger partial charge in [0.25, 0.3) is 0 Å². The Balaban J connectivity index is 2.16. The van der Waals surface area contributed by atoms with Crippen LogP contribution in [-0.4, -0.2) is 25.4 Å². The maximum Gasteiger partial charge on any atom is 0.203 e. The fourth-order valence-electron chi connectivity index (χ4n) is 1.45. The van der Waals surface area contributed by atoms with Crippen LogP contribution in [0.4, 0.5) is 5.13 Å². The molecule has 100 valence electrons. The zero-order valence-electron chi connectivity index (χ0n) is 10.4. The molecule has 19 heavy (non-hydrogen) atoms. The van der Waals surface area contributed by atoms with Crippen molar-refractivity contribution in [3.8, 4) is 11.5 Å². The smallest absolute Gasteiger partial charge is 0.203 e. The van der Waals surface area contributed by atoms with Crippen molar-refractivity contribution < 1.29 is 9.47 Å². The number of anilines is 1. The molecule has 0 fully saturated rings. The van der Waals surface area contributed by atoms with Crippen LogP contribution >= 0.6 is 27.3 Å². The lowest BCUT2D eigenvalue weighted by atomic mass is 10.2. The van der Waals surface area contributed by atoms with Gasteiger partial charge in [-0.05, 0) is 33.6 Å². The number of nitrogens with one attached hydrogen (secondary N) is 1. The zero-order valence-corrected chi connectivity index (χ0v) is 12.8. The van der Waals surface area contributed by atoms with E-state index in [9.17, 15) is 0 Å². The second-order valence-electron chi connectivity index (χ2n) is 3.45. The van der Waals surface area contributed by atoms with Gasteiger partial charge in [-0.25, -0.2) is 4.98 Å². The van der Waals surface area contributed by atoms with E-state index in [4.69, 9.17) is 9.47 Å². The normalized spacial score (nSPS) is 10.7. The summed E-state index contributed by atoms with van der Waals surface area (Å²) in [5.74, 6) is 1.31. The summed E-state index contributed by atoms with van der Waals surface area (Å²) in [5.41, 5.74) is 3.73. The maximum atomic E-state index is 5.26. The summed E-state index contributed by atoms with van der Waals surface area (Å²) in [6, 6.07) is 3.74. The van der Waals surface area contributed by atoms with Crippen molar-refractivity contribution in [2.24, 2.45) is 5.10 Å². The quantitative estimate of drug-likeness (QED) is 0.669. The van der Waals surface area contributed by atoms with E-state index in [0.29, 0.717) is 11.5 Å². The zero-order chi connectivity index (χ0) is 13.7. The number of halogens is 1. The molecule has 0 radical (unpaired) electrons. The molecule has 0 unspecified atom stereocenters. The molecule has 1 N–H and O–H groups in total. The van der Waals surface area contributed by atoms with E-state index < -0.39 is 0 Å². The number of ether oxygens (including phenoxy) is 2. The maximum absolute atomic E-state index is 5.26. The van der Waals surface area contributed by atoms with Crippen LogP contribution in [0.15, 0.2) is 33.3 Å². The van der Waals surface area contributed by atoms with Gasteiger partial charge >= 0.3 is 0 Å². The molecule has 0 atom stereocenters. The predicted molar refractivity (Wildman–Crippen MR) is 80.6 cm³/mol. The Bertz CT molecular complexity index is 573. The summed E-state index contributed by atoms with van der Waals surface area (Å²) in [5, 5.41) is 6.74. The molecule has 0 saturated heterocycles. The molecule has 0 bridgehead atoms. The topological polar surface area (TPSA) is 55.7 Å².